The molecule has 2 aromatic heterocycles. The largest absolute Gasteiger partial charge is 0.497 e. The fraction of sp³-hybridized carbons (Fsp3) is 0.521. The third kappa shape index (κ3) is 9.95. The molecule has 3 fully saturated rings. The monoisotopic (exact) mass is 882 g/mol. The van der Waals surface area contributed by atoms with E-state index in [4.69, 9.17) is 24.2 Å². The van der Waals surface area contributed by atoms with E-state index in [0.29, 0.717) is 41.2 Å². The van der Waals surface area contributed by atoms with Crippen LogP contribution in [0.1, 0.15) is 103 Å². The molecule has 0 bridgehead atoms. The molecule has 0 spiro atoms. The van der Waals surface area contributed by atoms with Gasteiger partial charge in [0.2, 0.25) is 13.3 Å². The van der Waals surface area contributed by atoms with Crippen LogP contribution in [0.4, 0.5) is 5.13 Å². The van der Waals surface area contributed by atoms with Gasteiger partial charge in [-0.15, -0.1) is 11.3 Å². The topological polar surface area (TPSA) is 157 Å². The van der Waals surface area contributed by atoms with Gasteiger partial charge >= 0.3 is 5.97 Å². The fourth-order valence-electron chi connectivity index (χ4n) is 9.63. The molecule has 330 valence electrons. The minimum absolute atomic E-state index is 0.0358. The highest BCUT2D eigenvalue weighted by Crippen LogP contribution is 2.74. The Hall–Kier alpha value is -4.58. The lowest BCUT2D eigenvalue weighted by molar-refractivity contribution is -0.154. The number of allylic oxidation sites excluding steroid dienone is 2. The minimum atomic E-state index is -3.94. The molecular weight excluding hydrogens is 824 g/mol. The molecule has 1 saturated heterocycles. The number of aromatic nitrogens is 2. The summed E-state index contributed by atoms with van der Waals surface area (Å²) in [6, 6.07) is 16.0. The van der Waals surface area contributed by atoms with Crippen LogP contribution in [0.5, 0.6) is 11.5 Å². The van der Waals surface area contributed by atoms with Crippen LogP contribution < -0.4 is 14.8 Å². The quantitative estimate of drug-likeness (QED) is 0.0793. The van der Waals surface area contributed by atoms with Crippen molar-refractivity contribution in [1.29, 1.82) is 0 Å². The zero-order valence-electron chi connectivity index (χ0n) is 36.0. The van der Waals surface area contributed by atoms with E-state index in [2.05, 4.69) is 25.2 Å². The van der Waals surface area contributed by atoms with Gasteiger partial charge in [-0.2, -0.15) is 0 Å². The van der Waals surface area contributed by atoms with Gasteiger partial charge in [0.05, 0.1) is 48.6 Å². The molecule has 2 aliphatic carbocycles. The maximum Gasteiger partial charge on any atom is 0.306 e. The molecule has 4 aliphatic rings. The summed E-state index contributed by atoms with van der Waals surface area (Å²) in [4.78, 5) is 66.6. The standard InChI is InChI=1S/C48H59N4O8PS/c1-31(2)49-47-51-41(30-62-47)40-25-44(38-21-20-36(58-3)23-39(38)50-40)59-37-24-42-43(53)27-48(61(56,57)29-32-14-8-7-9-15-32)26-34(48)17-11-6-4-5-10-16-33(46(55)52(42)28-37)22-45(54)60-35-18-12-13-19-35/h7-9,11,14-15,17,20-21,23,25,30-31,33-35,37,42H,4-6,10,12-13,16,18-19,22,24,26-29H2,1-3H3,(H,49,51)(H,56,57)/b17-11-/t33-,34+,37-,42+,48-/m1/s1. The number of ether oxygens (including phenoxy) is 3. The lowest BCUT2D eigenvalue weighted by Crippen LogP contribution is -2.45. The SMILES string of the molecule is COc1ccc2c(O[C@@H]3C[C@H]4C(=O)C[C@]5(P(=O)(O)Cc6ccccc6)C[C@@H]5/C=C\CCCCC[C@H](CC(=O)OC5CCCC5)C(=O)N4C3)cc(-c3csc(NC(C)C)n3)nc2c1. The summed E-state index contributed by atoms with van der Waals surface area (Å²) in [6.07, 6.45) is 11.2. The van der Waals surface area contributed by atoms with Crippen LogP contribution in [0, 0.1) is 11.8 Å². The van der Waals surface area contributed by atoms with E-state index >= 15 is 0 Å². The molecule has 1 unspecified atom stereocenters. The second-order valence-corrected chi connectivity index (χ2v) is 21.4. The van der Waals surface area contributed by atoms with E-state index in [9.17, 15) is 23.8 Å². The van der Waals surface area contributed by atoms with Gasteiger partial charge in [0, 0.05) is 47.7 Å². The van der Waals surface area contributed by atoms with Gasteiger partial charge in [0.1, 0.15) is 29.4 Å². The molecule has 12 nitrogen and oxygen atoms in total. The van der Waals surface area contributed by atoms with Gasteiger partial charge in [-0.3, -0.25) is 18.9 Å². The summed E-state index contributed by atoms with van der Waals surface area (Å²) >= 11 is 1.49. The van der Waals surface area contributed by atoms with Crippen molar-refractivity contribution in [2.24, 2.45) is 11.8 Å². The molecule has 14 heteroatoms. The Labute approximate surface area is 368 Å². The Kier molecular flexibility index (Phi) is 13.5. The van der Waals surface area contributed by atoms with E-state index in [1.165, 1.54) is 11.3 Å². The number of carbonyl (C=O) groups is 3. The molecule has 1 amide bonds. The number of benzene rings is 2. The number of amides is 1. The van der Waals surface area contributed by atoms with E-state index in [1.807, 2.05) is 66.1 Å². The highest BCUT2D eigenvalue weighted by molar-refractivity contribution is 7.59. The van der Waals surface area contributed by atoms with Crippen molar-refractivity contribution < 1.29 is 38.1 Å². The first-order valence-electron chi connectivity index (χ1n) is 22.3. The Balaban J connectivity index is 1.13. The van der Waals surface area contributed by atoms with Crippen LogP contribution in [0.15, 0.2) is 72.1 Å². The second kappa shape index (κ2) is 19.0. The molecule has 62 heavy (non-hydrogen) atoms. The van der Waals surface area contributed by atoms with Gasteiger partial charge in [-0.1, -0.05) is 55.3 Å². The second-order valence-electron chi connectivity index (χ2n) is 18.0. The Morgan fingerprint density at radius 1 is 1.00 bits per heavy atom. The maximum atomic E-state index is 14.9. The van der Waals surface area contributed by atoms with Crippen molar-refractivity contribution >= 4 is 52.4 Å². The van der Waals surface area contributed by atoms with Gasteiger partial charge in [-0.05, 0) is 88.8 Å². The average Bonchev–Trinajstić information content (AvgIpc) is 3.66. The number of fused-ring (bicyclic) bond motifs is 3. The Bertz CT molecular complexity index is 2330. The van der Waals surface area contributed by atoms with Crippen LogP contribution in [-0.4, -0.2) is 80.5 Å². The van der Waals surface area contributed by atoms with Crippen molar-refractivity contribution in [2.75, 3.05) is 19.0 Å². The number of hydrogen-bond acceptors (Lipinski definition) is 11. The number of ketones is 1. The molecular formula is C48H59N4O8PS. The molecule has 6 atom stereocenters. The number of thiazole rings is 1. The van der Waals surface area contributed by atoms with Crippen LogP contribution in [0.25, 0.3) is 22.3 Å². The van der Waals surface area contributed by atoms with Crippen molar-refractivity contribution in [3.63, 3.8) is 0 Å². The first kappa shape index (κ1) is 44.0. The number of hydrogen-bond donors (Lipinski definition) is 2. The number of esters is 1. The molecule has 8 rings (SSSR count). The lowest BCUT2D eigenvalue weighted by Gasteiger charge is -2.30. The van der Waals surface area contributed by atoms with E-state index in [1.54, 1.807) is 12.0 Å². The Morgan fingerprint density at radius 2 is 1.79 bits per heavy atom. The van der Waals surface area contributed by atoms with Crippen molar-refractivity contribution in [2.45, 2.75) is 133 Å². The van der Waals surface area contributed by atoms with E-state index in [0.717, 1.165) is 67.4 Å². The first-order chi connectivity index (χ1) is 29.9. The number of Topliss-reactive ketones (excluding diaryl/α,β-unsaturated/α-hetero) is 1. The summed E-state index contributed by atoms with van der Waals surface area (Å²) in [5.41, 5.74) is 2.65. The lowest BCUT2D eigenvalue weighted by atomic mass is 9.94. The van der Waals surface area contributed by atoms with Crippen LogP contribution in [0.2, 0.25) is 0 Å². The zero-order valence-corrected chi connectivity index (χ0v) is 37.7. The third-order valence-corrected chi connectivity index (χ3v) is 16.7. The summed E-state index contributed by atoms with van der Waals surface area (Å²) in [5.74, 6) is -0.675. The van der Waals surface area contributed by atoms with Crippen molar-refractivity contribution in [1.82, 2.24) is 14.9 Å². The molecule has 4 aromatic rings. The normalized spacial score (nSPS) is 26.2. The molecule has 4 heterocycles. The number of nitrogens with one attached hydrogen (secondary N) is 1. The number of carbonyl (C=O) groups excluding carboxylic acids is 3. The number of anilines is 1. The molecule has 2 N–H and O–H groups in total. The maximum absolute atomic E-state index is 14.9. The number of nitrogens with zero attached hydrogens (tertiary/aromatic N) is 3. The van der Waals surface area contributed by atoms with E-state index in [-0.39, 0.29) is 67.7 Å². The van der Waals surface area contributed by atoms with Crippen LogP contribution >= 0.6 is 18.7 Å². The minimum Gasteiger partial charge on any atom is -0.497 e. The molecule has 2 saturated carbocycles. The van der Waals surface area contributed by atoms with Crippen LogP contribution in [-0.2, 0) is 29.8 Å². The highest BCUT2D eigenvalue weighted by atomic mass is 32.1. The molecule has 2 aromatic carbocycles. The predicted molar refractivity (Wildman–Crippen MR) is 242 cm³/mol. The molecule has 0 radical (unpaired) electrons. The zero-order chi connectivity index (χ0) is 43.4. The number of pyridine rings is 1. The number of rotatable bonds is 12. The van der Waals surface area contributed by atoms with Gasteiger partial charge in [0.15, 0.2) is 10.9 Å². The van der Waals surface area contributed by atoms with Gasteiger partial charge in [-0.25, -0.2) is 9.97 Å². The molecule has 2 aliphatic heterocycles. The van der Waals surface area contributed by atoms with Crippen molar-refractivity contribution in [3.8, 4) is 22.9 Å². The van der Waals surface area contributed by atoms with Crippen molar-refractivity contribution in [3.05, 3.63) is 77.7 Å². The summed E-state index contributed by atoms with van der Waals surface area (Å²) in [7, 11) is -2.34. The fourth-order valence-corrected chi connectivity index (χ4v) is 13.0. The van der Waals surface area contributed by atoms with E-state index < -0.39 is 30.6 Å². The van der Waals surface area contributed by atoms with Crippen LogP contribution in [0.3, 0.4) is 0 Å². The van der Waals surface area contributed by atoms with Gasteiger partial charge < -0.3 is 29.3 Å². The summed E-state index contributed by atoms with van der Waals surface area (Å²) < 4.78 is 32.9. The third-order valence-electron chi connectivity index (χ3n) is 13.0. The summed E-state index contributed by atoms with van der Waals surface area (Å²) in [6.45, 7) is 4.21. The first-order valence-corrected chi connectivity index (χ1v) is 25.1. The predicted octanol–water partition coefficient (Wildman–Crippen LogP) is 9.74. The highest BCUT2D eigenvalue weighted by Gasteiger charge is 2.65. The number of methoxy groups -OCH3 is 1. The smallest absolute Gasteiger partial charge is 0.306 e. The Morgan fingerprint density at radius 3 is 2.56 bits per heavy atom. The average molecular weight is 883 g/mol. The summed E-state index contributed by atoms with van der Waals surface area (Å²) in [5, 5.41) is 5.66. The van der Waals surface area contributed by atoms with Gasteiger partial charge in [0.25, 0.3) is 0 Å².